The van der Waals surface area contributed by atoms with Crippen LogP contribution in [0.2, 0.25) is 0 Å². The second-order valence-electron chi connectivity index (χ2n) is 5.92. The lowest BCUT2D eigenvalue weighted by Gasteiger charge is -2.27. The lowest BCUT2D eigenvalue weighted by molar-refractivity contribution is 0.210. The van der Waals surface area contributed by atoms with Gasteiger partial charge in [-0.25, -0.2) is 4.98 Å². The average Bonchev–Trinajstić information content (AvgIpc) is 3.19. The van der Waals surface area contributed by atoms with E-state index in [0.717, 1.165) is 30.7 Å². The van der Waals surface area contributed by atoms with E-state index in [-0.39, 0.29) is 0 Å². The monoisotopic (exact) mass is 302 g/mol. The molecule has 0 saturated heterocycles. The van der Waals surface area contributed by atoms with Crippen LogP contribution in [0.25, 0.3) is 5.65 Å². The largest absolute Gasteiger partial charge is 0.300 e. The zero-order valence-electron chi connectivity index (χ0n) is 12.9. The summed E-state index contributed by atoms with van der Waals surface area (Å²) in [5.74, 6) is 2.82. The molecule has 1 aliphatic rings. The molecule has 0 amide bonds. The van der Waals surface area contributed by atoms with Crippen LogP contribution in [-0.2, 0) is 13.0 Å². The fourth-order valence-electron chi connectivity index (χ4n) is 3.53. The van der Waals surface area contributed by atoms with Crippen molar-refractivity contribution in [3.63, 3.8) is 0 Å². The van der Waals surface area contributed by atoms with E-state index in [9.17, 15) is 0 Å². The van der Waals surface area contributed by atoms with Gasteiger partial charge in [0.15, 0.2) is 5.65 Å². The van der Waals surface area contributed by atoms with Crippen LogP contribution < -0.4 is 0 Å². The van der Waals surface area contributed by atoms with Gasteiger partial charge in [-0.15, -0.1) is 6.42 Å². The molecule has 0 spiro atoms. The number of aromatic nitrogens is 3. The molecule has 1 atom stereocenters. The van der Waals surface area contributed by atoms with Crippen LogP contribution in [0.15, 0.2) is 49.1 Å². The molecule has 4 rings (SSSR count). The van der Waals surface area contributed by atoms with E-state index < -0.39 is 0 Å². The van der Waals surface area contributed by atoms with Gasteiger partial charge in [0.05, 0.1) is 24.6 Å². The maximum absolute atomic E-state index is 5.63. The first-order chi connectivity index (χ1) is 11.4. The Labute approximate surface area is 135 Å². The Morgan fingerprint density at radius 3 is 3.13 bits per heavy atom. The standard InChI is InChI=1S/C19H18N4/c1-2-10-22(18-8-7-15-5-3-4-6-17(15)18)14-16-12-21-19-13-20-9-11-23(16)19/h1,3-6,9,11-13,18H,7-8,10,14H2/t18-/m0/s1. The molecule has 2 aromatic heterocycles. The summed E-state index contributed by atoms with van der Waals surface area (Å²) in [6, 6.07) is 9.07. The molecule has 4 heteroatoms. The molecule has 1 aliphatic carbocycles. The normalized spacial score (nSPS) is 16.6. The third-order valence-corrected chi connectivity index (χ3v) is 4.60. The molecule has 0 unspecified atom stereocenters. The maximum Gasteiger partial charge on any atom is 0.155 e. The third-order valence-electron chi connectivity index (χ3n) is 4.60. The van der Waals surface area contributed by atoms with Crippen molar-refractivity contribution in [1.29, 1.82) is 0 Å². The van der Waals surface area contributed by atoms with Gasteiger partial charge < -0.3 is 0 Å². The Bertz CT molecular complexity index is 874. The van der Waals surface area contributed by atoms with Crippen molar-refractivity contribution in [2.24, 2.45) is 0 Å². The topological polar surface area (TPSA) is 33.4 Å². The third kappa shape index (κ3) is 2.49. The fourth-order valence-corrected chi connectivity index (χ4v) is 3.53. The van der Waals surface area contributed by atoms with Gasteiger partial charge in [0.1, 0.15) is 0 Å². The number of imidazole rings is 1. The lowest BCUT2D eigenvalue weighted by Crippen LogP contribution is -2.28. The van der Waals surface area contributed by atoms with Crippen molar-refractivity contribution in [1.82, 2.24) is 19.3 Å². The van der Waals surface area contributed by atoms with Gasteiger partial charge in [0.25, 0.3) is 0 Å². The molecular weight excluding hydrogens is 284 g/mol. The molecular formula is C19H18N4. The summed E-state index contributed by atoms with van der Waals surface area (Å²) in [4.78, 5) is 10.9. The average molecular weight is 302 g/mol. The van der Waals surface area contributed by atoms with Gasteiger partial charge in [-0.1, -0.05) is 30.2 Å². The summed E-state index contributed by atoms with van der Waals surface area (Å²) in [6.45, 7) is 1.42. The molecule has 23 heavy (non-hydrogen) atoms. The van der Waals surface area contributed by atoms with Crippen LogP contribution in [0.5, 0.6) is 0 Å². The maximum atomic E-state index is 5.63. The summed E-state index contributed by atoms with van der Waals surface area (Å²) >= 11 is 0. The number of terminal acetylenes is 1. The van der Waals surface area contributed by atoms with Crippen LogP contribution >= 0.6 is 0 Å². The van der Waals surface area contributed by atoms with Crippen molar-refractivity contribution in [3.8, 4) is 12.3 Å². The number of benzene rings is 1. The van der Waals surface area contributed by atoms with Gasteiger partial charge in [-0.2, -0.15) is 0 Å². The van der Waals surface area contributed by atoms with Crippen molar-refractivity contribution < 1.29 is 0 Å². The Morgan fingerprint density at radius 1 is 1.30 bits per heavy atom. The summed E-state index contributed by atoms with van der Waals surface area (Å²) in [6.07, 6.45) is 15.3. The minimum atomic E-state index is 0.384. The lowest BCUT2D eigenvalue weighted by atomic mass is 10.1. The predicted molar refractivity (Wildman–Crippen MR) is 89.7 cm³/mol. The predicted octanol–water partition coefficient (Wildman–Crippen LogP) is 2.85. The number of aryl methyl sites for hydroxylation is 1. The minimum Gasteiger partial charge on any atom is -0.300 e. The molecule has 0 fully saturated rings. The van der Waals surface area contributed by atoms with Gasteiger partial charge in [0.2, 0.25) is 0 Å². The smallest absolute Gasteiger partial charge is 0.155 e. The van der Waals surface area contributed by atoms with E-state index >= 15 is 0 Å². The zero-order chi connectivity index (χ0) is 15.6. The summed E-state index contributed by atoms with van der Waals surface area (Å²) in [7, 11) is 0. The first-order valence-corrected chi connectivity index (χ1v) is 7.88. The van der Waals surface area contributed by atoms with Crippen molar-refractivity contribution in [3.05, 3.63) is 65.9 Å². The van der Waals surface area contributed by atoms with Gasteiger partial charge in [-0.05, 0) is 24.0 Å². The highest BCUT2D eigenvalue weighted by molar-refractivity contribution is 5.37. The highest BCUT2D eigenvalue weighted by Gasteiger charge is 2.27. The Balaban J connectivity index is 1.66. The molecule has 2 heterocycles. The Morgan fingerprint density at radius 2 is 2.22 bits per heavy atom. The zero-order valence-corrected chi connectivity index (χ0v) is 12.9. The molecule has 0 aliphatic heterocycles. The molecule has 0 radical (unpaired) electrons. The van der Waals surface area contributed by atoms with Crippen LogP contribution in [0, 0.1) is 12.3 Å². The van der Waals surface area contributed by atoms with E-state index in [1.807, 2.05) is 12.4 Å². The molecule has 114 valence electrons. The molecule has 4 nitrogen and oxygen atoms in total. The van der Waals surface area contributed by atoms with E-state index in [4.69, 9.17) is 6.42 Å². The van der Waals surface area contributed by atoms with E-state index in [1.54, 1.807) is 12.4 Å². The van der Waals surface area contributed by atoms with Crippen LogP contribution in [0.1, 0.15) is 29.3 Å². The summed E-state index contributed by atoms with van der Waals surface area (Å²) in [5.41, 5.74) is 4.87. The van der Waals surface area contributed by atoms with Crippen LogP contribution in [0.4, 0.5) is 0 Å². The number of hydrogen-bond acceptors (Lipinski definition) is 3. The second-order valence-corrected chi connectivity index (χ2v) is 5.92. The SMILES string of the molecule is C#CCN(Cc1cnc2cnccn12)[C@H]1CCc2ccccc21. The van der Waals surface area contributed by atoms with E-state index in [1.165, 1.54) is 11.1 Å². The first-order valence-electron chi connectivity index (χ1n) is 7.88. The highest BCUT2D eigenvalue weighted by Crippen LogP contribution is 2.36. The van der Waals surface area contributed by atoms with Crippen LogP contribution in [-0.4, -0.2) is 25.8 Å². The fraction of sp³-hybridized carbons (Fsp3) is 0.263. The van der Waals surface area contributed by atoms with E-state index in [2.05, 4.69) is 49.5 Å². The molecule has 0 bridgehead atoms. The molecule has 0 saturated carbocycles. The van der Waals surface area contributed by atoms with Crippen molar-refractivity contribution >= 4 is 5.65 Å². The Kier molecular flexibility index (Phi) is 3.57. The van der Waals surface area contributed by atoms with Crippen LogP contribution in [0.3, 0.4) is 0 Å². The van der Waals surface area contributed by atoms with Gasteiger partial charge in [-0.3, -0.25) is 14.3 Å². The Hall–Kier alpha value is -2.64. The minimum absolute atomic E-state index is 0.384. The number of rotatable bonds is 4. The van der Waals surface area contributed by atoms with Crippen molar-refractivity contribution in [2.75, 3.05) is 6.54 Å². The van der Waals surface area contributed by atoms with E-state index in [0.29, 0.717) is 12.6 Å². The summed E-state index contributed by atoms with van der Waals surface area (Å²) in [5, 5.41) is 0. The van der Waals surface area contributed by atoms with Crippen molar-refractivity contribution in [2.45, 2.75) is 25.4 Å². The first kappa shape index (κ1) is 14.0. The summed E-state index contributed by atoms with van der Waals surface area (Å²) < 4.78 is 2.08. The van der Waals surface area contributed by atoms with Gasteiger partial charge >= 0.3 is 0 Å². The number of hydrogen-bond donors (Lipinski definition) is 0. The molecule has 1 aromatic carbocycles. The van der Waals surface area contributed by atoms with Gasteiger partial charge in [0, 0.05) is 25.0 Å². The number of fused-ring (bicyclic) bond motifs is 2. The molecule has 0 N–H and O–H groups in total. The quantitative estimate of drug-likeness (QED) is 0.695. The second kappa shape index (κ2) is 5.86. The highest BCUT2D eigenvalue weighted by atomic mass is 15.2. The molecule has 3 aromatic rings. The number of nitrogens with zero attached hydrogens (tertiary/aromatic N) is 4.